The molecule has 0 aromatic heterocycles. The molecule has 1 aromatic carbocycles. The van der Waals surface area contributed by atoms with Gasteiger partial charge >= 0.3 is 0 Å². The molecule has 0 unspecified atom stereocenters. The minimum atomic E-state index is -0.548. The van der Waals surface area contributed by atoms with E-state index in [0.717, 1.165) is 5.56 Å². The molecule has 2 rings (SSSR count). The number of carbonyl (C=O) groups is 1. The molecule has 0 radical (unpaired) electrons. The van der Waals surface area contributed by atoms with Crippen LogP contribution < -0.4 is 4.74 Å². The summed E-state index contributed by atoms with van der Waals surface area (Å²) in [5.74, 6) is 0.392. The Bertz CT molecular complexity index is 489. The molecule has 0 saturated heterocycles. The molecule has 0 heterocycles. The zero-order valence-corrected chi connectivity index (χ0v) is 9.44. The van der Waals surface area contributed by atoms with Crippen molar-refractivity contribution in [2.24, 2.45) is 5.16 Å². The van der Waals surface area contributed by atoms with Crippen molar-refractivity contribution < 1.29 is 14.7 Å². The van der Waals surface area contributed by atoms with E-state index in [1.807, 2.05) is 19.9 Å². The maximum atomic E-state index is 12.0. The minimum absolute atomic E-state index is 0.177. The lowest BCUT2D eigenvalue weighted by Crippen LogP contribution is -2.27. The number of carbonyl (C=O) groups excluding carboxylic acids is 1. The summed E-state index contributed by atoms with van der Waals surface area (Å²) in [6.07, 6.45) is 0. The number of Topliss-reactive ketones (excluding diaryl/α,β-unsaturated/α-hetero) is 1. The molecule has 4 heteroatoms. The quantitative estimate of drug-likeness (QED) is 0.580. The van der Waals surface area contributed by atoms with E-state index in [-0.39, 0.29) is 11.5 Å². The third kappa shape index (κ3) is 1.23. The standard InChI is InChI=1S/C12H13NO3/c1-12(2)9-5-4-7(16-3)6-8(9)10(14)11(12)13-15/h4-6,15H,1-3H3/b13-11-. The first-order valence-corrected chi connectivity index (χ1v) is 4.98. The Labute approximate surface area is 93.5 Å². The van der Waals surface area contributed by atoms with E-state index >= 15 is 0 Å². The maximum Gasteiger partial charge on any atom is 0.211 e. The molecule has 1 aliphatic rings. The molecular formula is C12H13NO3. The molecule has 4 nitrogen and oxygen atoms in total. The number of ether oxygens (including phenoxy) is 1. The predicted molar refractivity (Wildman–Crippen MR) is 59.6 cm³/mol. The van der Waals surface area contributed by atoms with Crippen LogP contribution in [0.15, 0.2) is 23.4 Å². The van der Waals surface area contributed by atoms with Crippen molar-refractivity contribution in [2.75, 3.05) is 7.11 Å². The Hall–Kier alpha value is -1.84. The second kappa shape index (κ2) is 3.33. The van der Waals surface area contributed by atoms with Crippen molar-refractivity contribution >= 4 is 11.5 Å². The van der Waals surface area contributed by atoms with E-state index in [2.05, 4.69) is 5.16 Å². The Morgan fingerprint density at radius 3 is 2.62 bits per heavy atom. The molecule has 0 amide bonds. The predicted octanol–water partition coefficient (Wildman–Crippen LogP) is 2.00. The fourth-order valence-corrected chi connectivity index (χ4v) is 2.09. The van der Waals surface area contributed by atoms with Gasteiger partial charge in [-0.15, -0.1) is 0 Å². The highest BCUT2D eigenvalue weighted by atomic mass is 16.5. The molecule has 16 heavy (non-hydrogen) atoms. The molecule has 0 aliphatic heterocycles. The van der Waals surface area contributed by atoms with Crippen LogP contribution in [0.2, 0.25) is 0 Å². The first-order chi connectivity index (χ1) is 7.52. The van der Waals surface area contributed by atoms with Crippen LogP contribution in [-0.2, 0) is 5.41 Å². The van der Waals surface area contributed by atoms with E-state index in [4.69, 9.17) is 9.94 Å². The van der Waals surface area contributed by atoms with Crippen molar-refractivity contribution in [3.8, 4) is 5.75 Å². The van der Waals surface area contributed by atoms with Gasteiger partial charge in [-0.2, -0.15) is 0 Å². The Morgan fingerprint density at radius 2 is 2.06 bits per heavy atom. The van der Waals surface area contributed by atoms with Crippen LogP contribution in [0.4, 0.5) is 0 Å². The number of methoxy groups -OCH3 is 1. The average Bonchev–Trinajstić information content (AvgIpc) is 2.46. The number of hydrogen-bond acceptors (Lipinski definition) is 4. The molecule has 0 saturated carbocycles. The van der Waals surface area contributed by atoms with Crippen molar-refractivity contribution in [1.29, 1.82) is 0 Å². The summed E-state index contributed by atoms with van der Waals surface area (Å²) in [7, 11) is 1.55. The molecule has 0 spiro atoms. The first-order valence-electron chi connectivity index (χ1n) is 4.98. The topological polar surface area (TPSA) is 58.9 Å². The van der Waals surface area contributed by atoms with Crippen LogP contribution in [-0.4, -0.2) is 23.8 Å². The van der Waals surface area contributed by atoms with Gasteiger partial charge in [0.05, 0.1) is 7.11 Å². The molecule has 84 valence electrons. The number of benzene rings is 1. The van der Waals surface area contributed by atoms with Gasteiger partial charge in [-0.05, 0) is 31.5 Å². The minimum Gasteiger partial charge on any atom is -0.497 e. The smallest absolute Gasteiger partial charge is 0.211 e. The normalized spacial score (nSPS) is 19.9. The van der Waals surface area contributed by atoms with Crippen LogP contribution in [0.25, 0.3) is 0 Å². The van der Waals surface area contributed by atoms with Gasteiger partial charge in [-0.1, -0.05) is 11.2 Å². The molecular weight excluding hydrogens is 206 g/mol. The van der Waals surface area contributed by atoms with Gasteiger partial charge in [-0.3, -0.25) is 4.79 Å². The molecule has 1 N–H and O–H groups in total. The SMILES string of the molecule is COc1ccc2c(c1)C(=O)/C(=N/O)C2(C)C. The van der Waals surface area contributed by atoms with Crippen molar-refractivity contribution in [2.45, 2.75) is 19.3 Å². The summed E-state index contributed by atoms with van der Waals surface area (Å²) >= 11 is 0. The summed E-state index contributed by atoms with van der Waals surface area (Å²) in [5, 5.41) is 12.0. The number of rotatable bonds is 1. The number of hydrogen-bond donors (Lipinski definition) is 1. The number of ketones is 1. The fraction of sp³-hybridized carbons (Fsp3) is 0.333. The fourth-order valence-electron chi connectivity index (χ4n) is 2.09. The first kappa shape index (κ1) is 10.7. The van der Waals surface area contributed by atoms with E-state index in [1.165, 1.54) is 0 Å². The average molecular weight is 219 g/mol. The Kier molecular flexibility index (Phi) is 2.22. The largest absolute Gasteiger partial charge is 0.497 e. The van der Waals surface area contributed by atoms with E-state index in [9.17, 15) is 4.79 Å². The molecule has 1 aromatic rings. The Balaban J connectivity index is 2.67. The molecule has 0 atom stereocenters. The monoisotopic (exact) mass is 219 g/mol. The van der Waals surface area contributed by atoms with Gasteiger partial charge < -0.3 is 9.94 Å². The second-order valence-electron chi connectivity index (χ2n) is 4.31. The zero-order valence-electron chi connectivity index (χ0n) is 9.44. The van der Waals surface area contributed by atoms with Gasteiger partial charge in [0.1, 0.15) is 11.5 Å². The highest BCUT2D eigenvalue weighted by Crippen LogP contribution is 2.37. The zero-order chi connectivity index (χ0) is 11.9. The van der Waals surface area contributed by atoms with Gasteiger partial charge in [-0.25, -0.2) is 0 Å². The van der Waals surface area contributed by atoms with E-state index < -0.39 is 5.41 Å². The molecule has 0 bridgehead atoms. The van der Waals surface area contributed by atoms with E-state index in [1.54, 1.807) is 19.2 Å². The summed E-state index contributed by atoms with van der Waals surface area (Å²) in [4.78, 5) is 12.0. The number of nitrogens with zero attached hydrogens (tertiary/aromatic N) is 1. The van der Waals surface area contributed by atoms with Gasteiger partial charge in [0.15, 0.2) is 0 Å². The molecule has 1 aliphatic carbocycles. The van der Waals surface area contributed by atoms with Crippen molar-refractivity contribution in [3.63, 3.8) is 0 Å². The highest BCUT2D eigenvalue weighted by molar-refractivity contribution is 6.52. The lowest BCUT2D eigenvalue weighted by Gasteiger charge is -2.17. The Morgan fingerprint density at radius 1 is 1.38 bits per heavy atom. The van der Waals surface area contributed by atoms with Crippen LogP contribution in [0, 0.1) is 0 Å². The van der Waals surface area contributed by atoms with Crippen molar-refractivity contribution in [3.05, 3.63) is 29.3 Å². The summed E-state index contributed by atoms with van der Waals surface area (Å²) in [6, 6.07) is 5.32. The second-order valence-corrected chi connectivity index (χ2v) is 4.31. The summed E-state index contributed by atoms with van der Waals surface area (Å²) in [5.41, 5.74) is 1.05. The lowest BCUT2D eigenvalue weighted by atomic mass is 9.85. The van der Waals surface area contributed by atoms with Gasteiger partial charge in [0.25, 0.3) is 0 Å². The highest BCUT2D eigenvalue weighted by Gasteiger charge is 2.43. The number of oxime groups is 1. The van der Waals surface area contributed by atoms with Crippen LogP contribution >= 0.6 is 0 Å². The van der Waals surface area contributed by atoms with E-state index in [0.29, 0.717) is 11.3 Å². The number of fused-ring (bicyclic) bond motifs is 1. The maximum absolute atomic E-state index is 12.0. The van der Waals surface area contributed by atoms with Crippen LogP contribution in [0.5, 0.6) is 5.75 Å². The summed E-state index contributed by atoms with van der Waals surface area (Å²) in [6.45, 7) is 3.72. The molecule has 0 fully saturated rings. The summed E-state index contributed by atoms with van der Waals surface area (Å²) < 4.78 is 5.07. The third-order valence-electron chi connectivity index (χ3n) is 3.05. The third-order valence-corrected chi connectivity index (χ3v) is 3.05. The van der Waals surface area contributed by atoms with Crippen LogP contribution in [0.1, 0.15) is 29.8 Å². The van der Waals surface area contributed by atoms with Crippen molar-refractivity contribution in [1.82, 2.24) is 0 Å². The van der Waals surface area contributed by atoms with Gasteiger partial charge in [0, 0.05) is 11.0 Å². The van der Waals surface area contributed by atoms with Gasteiger partial charge in [0.2, 0.25) is 5.78 Å². The van der Waals surface area contributed by atoms with Crippen LogP contribution in [0.3, 0.4) is 0 Å². The lowest BCUT2D eigenvalue weighted by molar-refractivity contribution is 0.106.